The van der Waals surface area contributed by atoms with Gasteiger partial charge in [0, 0.05) is 24.9 Å². The van der Waals surface area contributed by atoms with E-state index in [9.17, 15) is 19.3 Å². The van der Waals surface area contributed by atoms with Crippen molar-refractivity contribution in [1.29, 1.82) is 0 Å². The Morgan fingerprint density at radius 1 is 1.26 bits per heavy atom. The van der Waals surface area contributed by atoms with E-state index in [1.807, 2.05) is 0 Å². The maximum Gasteiger partial charge on any atom is 0.272 e. The molecule has 0 unspecified atom stereocenters. The largest absolute Gasteiger partial charge is 0.294 e. The Labute approximate surface area is 107 Å². The number of benzene rings is 1. The van der Waals surface area contributed by atoms with Crippen molar-refractivity contribution >= 4 is 11.5 Å². The Morgan fingerprint density at radius 2 is 1.95 bits per heavy atom. The lowest BCUT2D eigenvalue weighted by molar-refractivity contribution is -0.385. The summed E-state index contributed by atoms with van der Waals surface area (Å²) in [6.45, 7) is 0. The summed E-state index contributed by atoms with van der Waals surface area (Å²) >= 11 is 0. The van der Waals surface area contributed by atoms with E-state index in [1.54, 1.807) is 12.1 Å². The van der Waals surface area contributed by atoms with Crippen LogP contribution in [0.25, 0.3) is 0 Å². The van der Waals surface area contributed by atoms with Gasteiger partial charge >= 0.3 is 0 Å². The summed E-state index contributed by atoms with van der Waals surface area (Å²) in [6, 6.07) is 6.31. The second-order valence-corrected chi connectivity index (χ2v) is 3.88. The molecule has 0 aliphatic heterocycles. The number of halogens is 1. The summed E-state index contributed by atoms with van der Waals surface area (Å²) in [6.07, 6.45) is 3.10. The molecule has 96 valence electrons. The predicted octanol–water partition coefficient (Wildman–Crippen LogP) is 2.55. The summed E-state index contributed by atoms with van der Waals surface area (Å²) in [5.74, 6) is -1.31. The highest BCUT2D eigenvalue weighted by molar-refractivity contribution is 5.97. The lowest BCUT2D eigenvalue weighted by Crippen LogP contribution is -2.06. The molecule has 0 N–H and O–H groups in total. The standard InChI is InChI=1S/C13H9FN2O3/c14-12-8-10(16(18)19)1-2-11(12)13(17)7-9-3-5-15-6-4-9/h1-6,8H,7H2. The van der Waals surface area contributed by atoms with Crippen molar-refractivity contribution in [3.05, 3.63) is 69.8 Å². The molecule has 2 rings (SSSR count). The molecule has 0 radical (unpaired) electrons. The summed E-state index contributed by atoms with van der Waals surface area (Å²) < 4.78 is 13.6. The Balaban J connectivity index is 2.22. The SMILES string of the molecule is O=C(Cc1ccncc1)c1ccc([N+](=O)[O-])cc1F. The van der Waals surface area contributed by atoms with Gasteiger partial charge in [0.2, 0.25) is 0 Å². The van der Waals surface area contributed by atoms with E-state index >= 15 is 0 Å². The zero-order chi connectivity index (χ0) is 13.8. The smallest absolute Gasteiger partial charge is 0.272 e. The highest BCUT2D eigenvalue weighted by atomic mass is 19.1. The molecule has 0 bridgehead atoms. The predicted molar refractivity (Wildman–Crippen MR) is 65.3 cm³/mol. The van der Waals surface area contributed by atoms with E-state index in [0.717, 1.165) is 18.2 Å². The van der Waals surface area contributed by atoms with Gasteiger partial charge in [-0.25, -0.2) is 4.39 Å². The Morgan fingerprint density at radius 3 is 2.53 bits per heavy atom. The molecule has 0 aliphatic carbocycles. The number of hydrogen-bond donors (Lipinski definition) is 0. The van der Waals surface area contributed by atoms with E-state index in [2.05, 4.69) is 4.98 Å². The highest BCUT2D eigenvalue weighted by Crippen LogP contribution is 2.18. The molecule has 19 heavy (non-hydrogen) atoms. The number of carbonyl (C=O) groups excluding carboxylic acids is 1. The highest BCUT2D eigenvalue weighted by Gasteiger charge is 2.16. The van der Waals surface area contributed by atoms with Gasteiger partial charge in [0.1, 0.15) is 5.82 Å². The molecule has 1 aromatic heterocycles. The van der Waals surface area contributed by atoms with Crippen molar-refractivity contribution in [3.8, 4) is 0 Å². The molecule has 0 aliphatic rings. The first kappa shape index (κ1) is 12.8. The minimum atomic E-state index is -0.881. The van der Waals surface area contributed by atoms with Crippen LogP contribution < -0.4 is 0 Å². The minimum Gasteiger partial charge on any atom is -0.294 e. The zero-order valence-corrected chi connectivity index (χ0v) is 9.75. The number of nitrogens with zero attached hydrogens (tertiary/aromatic N) is 2. The summed E-state index contributed by atoms with van der Waals surface area (Å²) in [5, 5.41) is 10.5. The second kappa shape index (κ2) is 5.34. The maximum absolute atomic E-state index is 13.6. The van der Waals surface area contributed by atoms with Gasteiger partial charge in [-0.3, -0.25) is 19.9 Å². The zero-order valence-electron chi connectivity index (χ0n) is 9.75. The fourth-order valence-corrected chi connectivity index (χ4v) is 1.62. The molecule has 0 amide bonds. The van der Waals surface area contributed by atoms with E-state index in [4.69, 9.17) is 0 Å². The molecule has 5 nitrogen and oxygen atoms in total. The van der Waals surface area contributed by atoms with Crippen molar-refractivity contribution in [3.63, 3.8) is 0 Å². The molecule has 0 fully saturated rings. The third kappa shape index (κ3) is 2.98. The first-order valence-corrected chi connectivity index (χ1v) is 5.44. The van der Waals surface area contributed by atoms with Crippen molar-refractivity contribution < 1.29 is 14.1 Å². The van der Waals surface area contributed by atoms with E-state index < -0.39 is 16.5 Å². The summed E-state index contributed by atoms with van der Waals surface area (Å²) in [7, 11) is 0. The normalized spacial score (nSPS) is 10.2. The van der Waals surface area contributed by atoms with E-state index in [0.29, 0.717) is 5.56 Å². The van der Waals surface area contributed by atoms with Crippen LogP contribution in [0.4, 0.5) is 10.1 Å². The first-order valence-electron chi connectivity index (χ1n) is 5.44. The van der Waals surface area contributed by atoms with Gasteiger partial charge in [-0.05, 0) is 23.8 Å². The molecule has 0 spiro atoms. The van der Waals surface area contributed by atoms with Crippen molar-refractivity contribution in [2.45, 2.75) is 6.42 Å². The van der Waals surface area contributed by atoms with Gasteiger partial charge in [0.25, 0.3) is 5.69 Å². The van der Waals surface area contributed by atoms with E-state index in [1.165, 1.54) is 12.4 Å². The number of Topliss-reactive ketones (excluding diaryl/α,β-unsaturated/α-hetero) is 1. The van der Waals surface area contributed by atoms with Crippen LogP contribution in [0.5, 0.6) is 0 Å². The van der Waals surface area contributed by atoms with Crippen LogP contribution in [0.2, 0.25) is 0 Å². The summed E-state index contributed by atoms with van der Waals surface area (Å²) in [5.41, 5.74) is 0.179. The molecule has 2 aromatic rings. The fraction of sp³-hybridized carbons (Fsp3) is 0.0769. The number of pyridine rings is 1. The van der Waals surface area contributed by atoms with Gasteiger partial charge < -0.3 is 0 Å². The van der Waals surface area contributed by atoms with Gasteiger partial charge in [-0.1, -0.05) is 0 Å². The molecule has 6 heteroatoms. The van der Waals surface area contributed by atoms with Gasteiger partial charge in [0.15, 0.2) is 5.78 Å². The lowest BCUT2D eigenvalue weighted by Gasteiger charge is -2.02. The number of carbonyl (C=O) groups is 1. The van der Waals surface area contributed by atoms with Crippen molar-refractivity contribution in [2.24, 2.45) is 0 Å². The molecular weight excluding hydrogens is 251 g/mol. The number of nitro groups is 1. The Hall–Kier alpha value is -2.63. The quantitative estimate of drug-likeness (QED) is 0.481. The number of hydrogen-bond acceptors (Lipinski definition) is 4. The number of nitro benzene ring substituents is 1. The van der Waals surface area contributed by atoms with Crippen LogP contribution in [-0.2, 0) is 6.42 Å². The number of rotatable bonds is 4. The average molecular weight is 260 g/mol. The summed E-state index contributed by atoms with van der Waals surface area (Å²) in [4.78, 5) is 25.5. The first-order chi connectivity index (χ1) is 9.08. The van der Waals surface area contributed by atoms with Gasteiger partial charge in [0.05, 0.1) is 16.6 Å². The van der Waals surface area contributed by atoms with Crippen LogP contribution in [0.3, 0.4) is 0 Å². The number of ketones is 1. The maximum atomic E-state index is 13.6. The fourth-order valence-electron chi connectivity index (χ4n) is 1.62. The topological polar surface area (TPSA) is 73.1 Å². The second-order valence-electron chi connectivity index (χ2n) is 3.88. The molecule has 1 aromatic carbocycles. The van der Waals surface area contributed by atoms with E-state index in [-0.39, 0.29) is 17.7 Å². The lowest BCUT2D eigenvalue weighted by atomic mass is 10.0. The number of non-ortho nitro benzene ring substituents is 1. The van der Waals surface area contributed by atoms with Crippen LogP contribution in [0, 0.1) is 15.9 Å². The third-order valence-electron chi connectivity index (χ3n) is 2.58. The number of aromatic nitrogens is 1. The average Bonchev–Trinajstić information content (AvgIpc) is 2.39. The molecule has 0 saturated heterocycles. The van der Waals surface area contributed by atoms with Crippen molar-refractivity contribution in [2.75, 3.05) is 0 Å². The molecular formula is C13H9FN2O3. The third-order valence-corrected chi connectivity index (χ3v) is 2.58. The van der Waals surface area contributed by atoms with Crippen LogP contribution in [0.1, 0.15) is 15.9 Å². The van der Waals surface area contributed by atoms with Crippen molar-refractivity contribution in [1.82, 2.24) is 4.98 Å². The Bertz CT molecular complexity index is 629. The van der Waals surface area contributed by atoms with Crippen LogP contribution in [0.15, 0.2) is 42.7 Å². The molecule has 0 atom stereocenters. The minimum absolute atomic E-state index is 0.0251. The Kier molecular flexibility index (Phi) is 3.61. The molecule has 1 heterocycles. The van der Waals surface area contributed by atoms with Gasteiger partial charge in [-0.15, -0.1) is 0 Å². The van der Waals surface area contributed by atoms with Crippen LogP contribution in [-0.4, -0.2) is 15.7 Å². The monoisotopic (exact) mass is 260 g/mol. The molecule has 0 saturated carbocycles. The van der Waals surface area contributed by atoms with Gasteiger partial charge in [-0.2, -0.15) is 0 Å². The van der Waals surface area contributed by atoms with Crippen LogP contribution >= 0.6 is 0 Å².